The Morgan fingerprint density at radius 3 is 2.50 bits per heavy atom. The van der Waals surface area contributed by atoms with Crippen LogP contribution in [0.15, 0.2) is 24.3 Å². The molecule has 1 aromatic carbocycles. The number of rotatable bonds is 5. The quantitative estimate of drug-likeness (QED) is 0.744. The van der Waals surface area contributed by atoms with Crippen molar-refractivity contribution < 1.29 is 9.84 Å². The maximum Gasteiger partial charge on any atom is 0.115 e. The molecule has 1 aliphatic rings. The lowest BCUT2D eigenvalue weighted by Gasteiger charge is -2.13. The van der Waals surface area contributed by atoms with Gasteiger partial charge in [0.2, 0.25) is 0 Å². The molecular weight excluding hydrogens is 202 g/mol. The Balaban J connectivity index is 1.83. The molecule has 3 nitrogen and oxygen atoms in total. The number of phenolic OH excluding ortho intramolecular Hbond substituents is 1. The minimum Gasteiger partial charge on any atom is -0.508 e. The summed E-state index contributed by atoms with van der Waals surface area (Å²) >= 11 is 0. The number of aromatic hydroxyl groups is 1. The molecule has 3 unspecified atom stereocenters. The highest BCUT2D eigenvalue weighted by Gasteiger charge is 2.40. The summed E-state index contributed by atoms with van der Waals surface area (Å²) in [5.74, 6) is 0.327. The normalized spacial score (nSPS) is 25.4. The Kier molecular flexibility index (Phi) is 3.46. The van der Waals surface area contributed by atoms with E-state index in [1.54, 1.807) is 12.1 Å². The lowest BCUT2D eigenvalue weighted by Crippen LogP contribution is -2.32. The van der Waals surface area contributed by atoms with Gasteiger partial charge in [-0.25, -0.2) is 0 Å². The molecule has 0 aliphatic carbocycles. The first-order valence-corrected chi connectivity index (χ1v) is 5.81. The summed E-state index contributed by atoms with van der Waals surface area (Å²) in [6.07, 6.45) is 2.86. The van der Waals surface area contributed by atoms with E-state index in [0.717, 1.165) is 12.8 Å². The zero-order chi connectivity index (χ0) is 11.5. The number of ether oxygens (including phenoxy) is 1. The fourth-order valence-corrected chi connectivity index (χ4v) is 2.08. The third kappa shape index (κ3) is 2.74. The highest BCUT2D eigenvalue weighted by molar-refractivity contribution is 5.26. The van der Waals surface area contributed by atoms with Gasteiger partial charge in [0.25, 0.3) is 0 Å². The topological polar surface area (TPSA) is 44.8 Å². The van der Waals surface area contributed by atoms with Crippen LogP contribution in [0.25, 0.3) is 0 Å². The molecule has 0 aromatic heterocycles. The minimum absolute atomic E-state index is 0.327. The number of phenols is 1. The Labute approximate surface area is 96.4 Å². The Hall–Kier alpha value is -1.06. The van der Waals surface area contributed by atoms with Gasteiger partial charge in [-0.05, 0) is 44.5 Å². The van der Waals surface area contributed by atoms with Crippen LogP contribution in [0, 0.1) is 0 Å². The lowest BCUT2D eigenvalue weighted by molar-refractivity contribution is 0.328. The molecule has 1 aromatic rings. The van der Waals surface area contributed by atoms with Gasteiger partial charge < -0.3 is 15.2 Å². The van der Waals surface area contributed by atoms with Crippen LogP contribution in [0.1, 0.15) is 18.9 Å². The van der Waals surface area contributed by atoms with Gasteiger partial charge in [-0.3, -0.25) is 0 Å². The lowest BCUT2D eigenvalue weighted by atomic mass is 10.0. The molecule has 1 fully saturated rings. The molecule has 3 heteroatoms. The van der Waals surface area contributed by atoms with Crippen molar-refractivity contribution in [1.82, 2.24) is 5.32 Å². The van der Waals surface area contributed by atoms with Crippen LogP contribution in [0.4, 0.5) is 0 Å². The van der Waals surface area contributed by atoms with Gasteiger partial charge >= 0.3 is 0 Å². The van der Waals surface area contributed by atoms with Gasteiger partial charge in [0.1, 0.15) is 5.75 Å². The van der Waals surface area contributed by atoms with Crippen molar-refractivity contribution in [2.45, 2.75) is 38.0 Å². The molecule has 1 heterocycles. The highest BCUT2D eigenvalue weighted by atomic mass is 16.6. The molecule has 1 aliphatic heterocycles. The van der Waals surface area contributed by atoms with Crippen LogP contribution in [-0.4, -0.2) is 30.4 Å². The maximum absolute atomic E-state index is 9.18. The van der Waals surface area contributed by atoms with Crippen molar-refractivity contribution in [3.8, 4) is 5.75 Å². The van der Waals surface area contributed by atoms with Gasteiger partial charge in [0.05, 0.1) is 12.2 Å². The van der Waals surface area contributed by atoms with E-state index >= 15 is 0 Å². The number of likely N-dealkylation sites (N-methyl/N-ethyl adjacent to an activating group) is 1. The van der Waals surface area contributed by atoms with E-state index in [1.165, 1.54) is 5.56 Å². The molecule has 1 saturated heterocycles. The van der Waals surface area contributed by atoms with Crippen LogP contribution < -0.4 is 5.32 Å². The third-order valence-corrected chi connectivity index (χ3v) is 3.21. The Morgan fingerprint density at radius 1 is 1.38 bits per heavy atom. The Bertz CT molecular complexity index is 336. The molecule has 3 atom stereocenters. The first-order chi connectivity index (χ1) is 7.70. The van der Waals surface area contributed by atoms with E-state index in [0.29, 0.717) is 24.0 Å². The molecule has 0 bridgehead atoms. The number of benzene rings is 1. The largest absolute Gasteiger partial charge is 0.508 e. The molecule has 2 N–H and O–H groups in total. The van der Waals surface area contributed by atoms with E-state index < -0.39 is 0 Å². The summed E-state index contributed by atoms with van der Waals surface area (Å²) in [5, 5.41) is 12.5. The van der Waals surface area contributed by atoms with E-state index in [2.05, 4.69) is 12.2 Å². The first kappa shape index (κ1) is 11.4. The molecule has 0 saturated carbocycles. The van der Waals surface area contributed by atoms with E-state index in [-0.39, 0.29) is 0 Å². The second-order valence-corrected chi connectivity index (χ2v) is 4.41. The van der Waals surface area contributed by atoms with Gasteiger partial charge in [-0.2, -0.15) is 0 Å². The van der Waals surface area contributed by atoms with Crippen molar-refractivity contribution in [3.63, 3.8) is 0 Å². The van der Waals surface area contributed by atoms with Crippen LogP contribution in [0.5, 0.6) is 5.75 Å². The van der Waals surface area contributed by atoms with Gasteiger partial charge in [0.15, 0.2) is 0 Å². The highest BCUT2D eigenvalue weighted by Crippen LogP contribution is 2.26. The van der Waals surface area contributed by atoms with E-state index in [9.17, 15) is 5.11 Å². The summed E-state index contributed by atoms with van der Waals surface area (Å²) in [7, 11) is 1.98. The standard InChI is InChI=1S/C13H19NO2/c1-9-13(16-9)12(14-2)8-5-10-3-6-11(15)7-4-10/h3-4,6-7,9,12-15H,5,8H2,1-2H3. The van der Waals surface area contributed by atoms with E-state index in [1.807, 2.05) is 19.2 Å². The van der Waals surface area contributed by atoms with Gasteiger partial charge in [-0.15, -0.1) is 0 Å². The average Bonchev–Trinajstić information content (AvgIpc) is 2.99. The monoisotopic (exact) mass is 221 g/mol. The first-order valence-electron chi connectivity index (χ1n) is 5.81. The summed E-state index contributed by atoms with van der Waals surface area (Å²) in [6.45, 7) is 2.11. The molecule has 88 valence electrons. The number of aryl methyl sites for hydroxylation is 1. The molecular formula is C13H19NO2. The molecule has 0 radical (unpaired) electrons. The Morgan fingerprint density at radius 2 is 2.00 bits per heavy atom. The van der Waals surface area contributed by atoms with Crippen molar-refractivity contribution in [2.75, 3.05) is 7.05 Å². The van der Waals surface area contributed by atoms with Crippen LogP contribution in [0.3, 0.4) is 0 Å². The predicted octanol–water partition coefficient (Wildman–Crippen LogP) is 1.70. The SMILES string of the molecule is CNC(CCc1ccc(O)cc1)C1OC1C. The van der Waals surface area contributed by atoms with Crippen molar-refractivity contribution in [2.24, 2.45) is 0 Å². The minimum atomic E-state index is 0.327. The number of epoxide rings is 1. The van der Waals surface area contributed by atoms with Crippen LogP contribution >= 0.6 is 0 Å². The third-order valence-electron chi connectivity index (χ3n) is 3.21. The van der Waals surface area contributed by atoms with Crippen molar-refractivity contribution in [1.29, 1.82) is 0 Å². The molecule has 0 amide bonds. The zero-order valence-electron chi connectivity index (χ0n) is 9.81. The summed E-state index contributed by atoms with van der Waals surface area (Å²) in [5.41, 5.74) is 1.26. The van der Waals surface area contributed by atoms with E-state index in [4.69, 9.17) is 4.74 Å². The molecule has 2 rings (SSSR count). The van der Waals surface area contributed by atoms with Crippen molar-refractivity contribution >= 4 is 0 Å². The fraction of sp³-hybridized carbons (Fsp3) is 0.538. The van der Waals surface area contributed by atoms with Gasteiger partial charge in [0, 0.05) is 6.04 Å². The second-order valence-electron chi connectivity index (χ2n) is 4.41. The number of hydrogen-bond donors (Lipinski definition) is 2. The van der Waals surface area contributed by atoms with Crippen LogP contribution in [0.2, 0.25) is 0 Å². The summed E-state index contributed by atoms with van der Waals surface area (Å²) in [6, 6.07) is 7.85. The zero-order valence-corrected chi connectivity index (χ0v) is 9.81. The average molecular weight is 221 g/mol. The smallest absolute Gasteiger partial charge is 0.115 e. The summed E-state index contributed by atoms with van der Waals surface area (Å²) in [4.78, 5) is 0. The fourth-order valence-electron chi connectivity index (χ4n) is 2.08. The number of nitrogens with one attached hydrogen (secondary N) is 1. The number of hydrogen-bond acceptors (Lipinski definition) is 3. The maximum atomic E-state index is 9.18. The summed E-state index contributed by atoms with van der Waals surface area (Å²) < 4.78 is 5.47. The van der Waals surface area contributed by atoms with Crippen molar-refractivity contribution in [3.05, 3.63) is 29.8 Å². The predicted molar refractivity (Wildman–Crippen MR) is 63.6 cm³/mol. The van der Waals surface area contributed by atoms with Gasteiger partial charge in [-0.1, -0.05) is 12.1 Å². The van der Waals surface area contributed by atoms with Crippen LogP contribution in [-0.2, 0) is 11.2 Å². The molecule has 16 heavy (non-hydrogen) atoms. The second kappa shape index (κ2) is 4.85. The molecule has 0 spiro atoms.